The van der Waals surface area contributed by atoms with Gasteiger partial charge in [0.05, 0.1) is 0 Å². The lowest BCUT2D eigenvalue weighted by Crippen LogP contribution is -2.30. The standard InChI is InChI=1S/C15H23N5/c1-13-7-6-8-14-17-15(18-20(13)14)16-9-12-19-10-4-2-3-5-11-19/h6-8H,2-5,9-12H2,1H3,(H,16,18). The second-order valence-electron chi connectivity index (χ2n) is 5.56. The lowest BCUT2D eigenvalue weighted by molar-refractivity contribution is 0.296. The average molecular weight is 273 g/mol. The monoisotopic (exact) mass is 273 g/mol. The average Bonchev–Trinajstić information content (AvgIpc) is 2.69. The van der Waals surface area contributed by atoms with Gasteiger partial charge in [-0.05, 0) is 45.0 Å². The largest absolute Gasteiger partial charge is 0.352 e. The summed E-state index contributed by atoms with van der Waals surface area (Å²) in [6.45, 7) is 6.51. The van der Waals surface area contributed by atoms with Crippen molar-refractivity contribution in [2.24, 2.45) is 0 Å². The SMILES string of the molecule is Cc1cccc2nc(NCCN3CCCCCC3)nn12. The molecule has 2 aromatic heterocycles. The van der Waals surface area contributed by atoms with Crippen molar-refractivity contribution in [2.75, 3.05) is 31.5 Å². The molecule has 0 bridgehead atoms. The van der Waals surface area contributed by atoms with Crippen molar-refractivity contribution in [3.8, 4) is 0 Å². The van der Waals surface area contributed by atoms with Gasteiger partial charge in [0, 0.05) is 18.8 Å². The molecule has 3 heterocycles. The Balaban J connectivity index is 1.55. The number of nitrogens with one attached hydrogen (secondary N) is 1. The molecule has 0 atom stereocenters. The molecule has 0 unspecified atom stereocenters. The summed E-state index contributed by atoms with van der Waals surface area (Å²) in [6, 6.07) is 6.04. The molecule has 3 rings (SSSR count). The summed E-state index contributed by atoms with van der Waals surface area (Å²) in [5, 5.41) is 7.83. The Morgan fingerprint density at radius 1 is 1.15 bits per heavy atom. The van der Waals surface area contributed by atoms with E-state index in [1.807, 2.05) is 29.6 Å². The van der Waals surface area contributed by atoms with Crippen LogP contribution in [-0.4, -0.2) is 45.7 Å². The number of anilines is 1. The highest BCUT2D eigenvalue weighted by Crippen LogP contribution is 2.10. The fourth-order valence-electron chi connectivity index (χ4n) is 2.80. The van der Waals surface area contributed by atoms with E-state index < -0.39 is 0 Å². The van der Waals surface area contributed by atoms with Crippen LogP contribution in [0.1, 0.15) is 31.4 Å². The highest BCUT2D eigenvalue weighted by atomic mass is 15.4. The molecule has 1 saturated heterocycles. The molecule has 5 heteroatoms. The Morgan fingerprint density at radius 3 is 2.70 bits per heavy atom. The number of likely N-dealkylation sites (tertiary alicyclic amines) is 1. The summed E-state index contributed by atoms with van der Waals surface area (Å²) in [5.41, 5.74) is 2.01. The third-order valence-electron chi connectivity index (χ3n) is 3.96. The summed E-state index contributed by atoms with van der Waals surface area (Å²) < 4.78 is 1.88. The first-order chi connectivity index (χ1) is 9.83. The quantitative estimate of drug-likeness (QED) is 0.928. The van der Waals surface area contributed by atoms with E-state index in [0.717, 1.165) is 30.4 Å². The lowest BCUT2D eigenvalue weighted by Gasteiger charge is -2.19. The fraction of sp³-hybridized carbons (Fsp3) is 0.600. The van der Waals surface area contributed by atoms with Crippen LogP contribution >= 0.6 is 0 Å². The predicted octanol–water partition coefficient (Wildman–Crippen LogP) is 2.33. The van der Waals surface area contributed by atoms with E-state index in [9.17, 15) is 0 Å². The van der Waals surface area contributed by atoms with Crippen molar-refractivity contribution in [3.63, 3.8) is 0 Å². The number of pyridine rings is 1. The van der Waals surface area contributed by atoms with Crippen LogP contribution < -0.4 is 5.32 Å². The molecule has 0 spiro atoms. The zero-order valence-corrected chi connectivity index (χ0v) is 12.2. The van der Waals surface area contributed by atoms with E-state index in [1.165, 1.54) is 38.8 Å². The van der Waals surface area contributed by atoms with Crippen molar-refractivity contribution < 1.29 is 0 Å². The van der Waals surface area contributed by atoms with Gasteiger partial charge in [-0.2, -0.15) is 4.98 Å². The van der Waals surface area contributed by atoms with Gasteiger partial charge in [0.25, 0.3) is 0 Å². The molecule has 0 amide bonds. The number of aromatic nitrogens is 3. The van der Waals surface area contributed by atoms with Gasteiger partial charge in [0.2, 0.25) is 5.95 Å². The van der Waals surface area contributed by atoms with Crippen molar-refractivity contribution in [1.82, 2.24) is 19.5 Å². The fourth-order valence-corrected chi connectivity index (χ4v) is 2.80. The van der Waals surface area contributed by atoms with Crippen molar-refractivity contribution >= 4 is 11.6 Å². The highest BCUT2D eigenvalue weighted by molar-refractivity contribution is 5.44. The minimum Gasteiger partial charge on any atom is -0.352 e. The maximum atomic E-state index is 4.50. The maximum absolute atomic E-state index is 4.50. The van der Waals surface area contributed by atoms with Crippen LogP contribution in [0.15, 0.2) is 18.2 Å². The van der Waals surface area contributed by atoms with Crippen LogP contribution in [0.3, 0.4) is 0 Å². The molecule has 0 saturated carbocycles. The van der Waals surface area contributed by atoms with E-state index in [-0.39, 0.29) is 0 Å². The zero-order valence-electron chi connectivity index (χ0n) is 12.2. The summed E-state index contributed by atoms with van der Waals surface area (Å²) in [6.07, 6.45) is 5.45. The molecule has 0 radical (unpaired) electrons. The highest BCUT2D eigenvalue weighted by Gasteiger charge is 2.09. The molecule has 1 fully saturated rings. The van der Waals surface area contributed by atoms with Crippen molar-refractivity contribution in [2.45, 2.75) is 32.6 Å². The summed E-state index contributed by atoms with van der Waals surface area (Å²) in [4.78, 5) is 7.04. The number of fused-ring (bicyclic) bond motifs is 1. The minimum absolute atomic E-state index is 0.731. The molecule has 20 heavy (non-hydrogen) atoms. The van der Waals surface area contributed by atoms with E-state index in [1.54, 1.807) is 0 Å². The van der Waals surface area contributed by atoms with E-state index in [2.05, 4.69) is 20.3 Å². The molecule has 2 aromatic rings. The van der Waals surface area contributed by atoms with Gasteiger partial charge in [0.1, 0.15) is 0 Å². The molecule has 0 aromatic carbocycles. The Bertz CT molecular complexity index is 554. The van der Waals surface area contributed by atoms with E-state index >= 15 is 0 Å². The normalized spacial score (nSPS) is 17.2. The van der Waals surface area contributed by atoms with Crippen LogP contribution in [0.25, 0.3) is 5.65 Å². The first-order valence-electron chi connectivity index (χ1n) is 7.61. The topological polar surface area (TPSA) is 45.5 Å². The first-order valence-corrected chi connectivity index (χ1v) is 7.61. The number of hydrogen-bond acceptors (Lipinski definition) is 4. The van der Waals surface area contributed by atoms with Crippen LogP contribution in [0.4, 0.5) is 5.95 Å². The van der Waals surface area contributed by atoms with Crippen molar-refractivity contribution in [1.29, 1.82) is 0 Å². The number of rotatable bonds is 4. The molecular weight excluding hydrogens is 250 g/mol. The second kappa shape index (κ2) is 6.22. The third-order valence-corrected chi connectivity index (χ3v) is 3.96. The maximum Gasteiger partial charge on any atom is 0.243 e. The Morgan fingerprint density at radius 2 is 1.95 bits per heavy atom. The number of aryl methyl sites for hydroxylation is 1. The molecule has 1 aliphatic heterocycles. The van der Waals surface area contributed by atoms with E-state index in [0.29, 0.717) is 0 Å². The molecule has 0 aliphatic carbocycles. The smallest absolute Gasteiger partial charge is 0.243 e. The zero-order chi connectivity index (χ0) is 13.8. The van der Waals surface area contributed by atoms with Gasteiger partial charge in [-0.3, -0.25) is 0 Å². The Kier molecular flexibility index (Phi) is 4.16. The van der Waals surface area contributed by atoms with Crippen molar-refractivity contribution in [3.05, 3.63) is 23.9 Å². The molecule has 5 nitrogen and oxygen atoms in total. The van der Waals surface area contributed by atoms with Gasteiger partial charge < -0.3 is 10.2 Å². The first kappa shape index (κ1) is 13.4. The van der Waals surface area contributed by atoms with Crippen LogP contribution in [-0.2, 0) is 0 Å². The molecular formula is C15H23N5. The second-order valence-corrected chi connectivity index (χ2v) is 5.56. The summed E-state index contributed by atoms with van der Waals surface area (Å²) in [5.74, 6) is 0.731. The Hall–Kier alpha value is -1.62. The number of hydrogen-bond donors (Lipinski definition) is 1. The Labute approximate surface area is 120 Å². The predicted molar refractivity (Wildman–Crippen MR) is 81.1 cm³/mol. The van der Waals surface area contributed by atoms with Gasteiger partial charge in [-0.25, -0.2) is 4.52 Å². The minimum atomic E-state index is 0.731. The number of nitrogens with zero attached hydrogens (tertiary/aromatic N) is 4. The molecule has 108 valence electrons. The van der Waals surface area contributed by atoms with Gasteiger partial charge in [-0.1, -0.05) is 18.9 Å². The van der Waals surface area contributed by atoms with Gasteiger partial charge in [0.15, 0.2) is 5.65 Å². The molecule has 1 aliphatic rings. The molecule has 1 N–H and O–H groups in total. The van der Waals surface area contributed by atoms with Crippen LogP contribution in [0.2, 0.25) is 0 Å². The third kappa shape index (κ3) is 3.10. The van der Waals surface area contributed by atoms with Gasteiger partial charge >= 0.3 is 0 Å². The summed E-state index contributed by atoms with van der Waals surface area (Å²) >= 11 is 0. The van der Waals surface area contributed by atoms with E-state index in [4.69, 9.17) is 0 Å². The van der Waals surface area contributed by atoms with Gasteiger partial charge in [-0.15, -0.1) is 5.10 Å². The van der Waals surface area contributed by atoms with Crippen LogP contribution in [0, 0.1) is 6.92 Å². The summed E-state index contributed by atoms with van der Waals surface area (Å²) in [7, 11) is 0. The lowest BCUT2D eigenvalue weighted by atomic mass is 10.2. The van der Waals surface area contributed by atoms with Crippen LogP contribution in [0.5, 0.6) is 0 Å².